The monoisotopic (exact) mass is 269 g/mol. The molecule has 0 amide bonds. The number of aliphatic hydroxyl groups is 1. The summed E-state index contributed by atoms with van der Waals surface area (Å²) in [5.41, 5.74) is 5.22. The molecule has 20 heavy (non-hydrogen) atoms. The number of aryl methyl sites for hydroxylation is 1. The Morgan fingerprint density at radius 3 is 2.45 bits per heavy atom. The summed E-state index contributed by atoms with van der Waals surface area (Å²) in [4.78, 5) is 0. The third-order valence-corrected chi connectivity index (χ3v) is 3.88. The molecule has 2 aromatic rings. The summed E-state index contributed by atoms with van der Waals surface area (Å²) in [5, 5.41) is 12.8. The molecular weight excluding hydrogens is 246 g/mol. The molecule has 2 nitrogen and oxygen atoms in total. The number of benzene rings is 2. The Bertz CT molecular complexity index is 536. The summed E-state index contributed by atoms with van der Waals surface area (Å²) in [5.74, 6) is 0. The van der Waals surface area contributed by atoms with Crippen LogP contribution in [0.25, 0.3) is 0 Å². The quantitative estimate of drug-likeness (QED) is 0.841. The van der Waals surface area contributed by atoms with E-state index in [1.807, 2.05) is 18.2 Å². The minimum atomic E-state index is 0.194. The summed E-state index contributed by atoms with van der Waals surface area (Å²) < 4.78 is 0. The maximum absolute atomic E-state index is 9.25. The van der Waals surface area contributed by atoms with Gasteiger partial charge in [0, 0.05) is 19.2 Å². The van der Waals surface area contributed by atoms with Crippen molar-refractivity contribution in [2.24, 2.45) is 0 Å². The van der Waals surface area contributed by atoms with Crippen molar-refractivity contribution >= 4 is 0 Å². The molecule has 0 aromatic heterocycles. The molecule has 0 spiro atoms. The number of aliphatic hydroxyl groups excluding tert-OH is 1. The van der Waals surface area contributed by atoms with E-state index in [0.29, 0.717) is 0 Å². The fourth-order valence-electron chi connectivity index (χ4n) is 2.44. The average Bonchev–Trinajstić information content (AvgIpc) is 2.48. The van der Waals surface area contributed by atoms with E-state index in [2.05, 4.69) is 49.5 Å². The summed E-state index contributed by atoms with van der Waals surface area (Å²) in [6.07, 6.45) is 0.731. The first-order valence-electron chi connectivity index (χ1n) is 7.16. The molecule has 2 rings (SSSR count). The van der Waals surface area contributed by atoms with E-state index < -0.39 is 0 Å². The maximum Gasteiger partial charge on any atom is 0.0449 e. The molecule has 0 heterocycles. The van der Waals surface area contributed by atoms with E-state index in [4.69, 9.17) is 0 Å². The van der Waals surface area contributed by atoms with Gasteiger partial charge in [0.05, 0.1) is 0 Å². The van der Waals surface area contributed by atoms with Gasteiger partial charge in [-0.3, -0.25) is 0 Å². The zero-order valence-corrected chi connectivity index (χ0v) is 12.3. The maximum atomic E-state index is 9.25. The highest BCUT2D eigenvalue weighted by atomic mass is 16.3. The topological polar surface area (TPSA) is 32.3 Å². The third kappa shape index (κ3) is 3.69. The minimum Gasteiger partial charge on any atom is -0.396 e. The number of hydrogen-bond acceptors (Lipinski definition) is 2. The van der Waals surface area contributed by atoms with Crippen molar-refractivity contribution in [1.29, 1.82) is 0 Å². The molecule has 0 aliphatic heterocycles. The van der Waals surface area contributed by atoms with Crippen molar-refractivity contribution in [2.75, 3.05) is 6.61 Å². The van der Waals surface area contributed by atoms with E-state index in [1.165, 1.54) is 22.3 Å². The van der Waals surface area contributed by atoms with Gasteiger partial charge >= 0.3 is 0 Å². The first-order valence-corrected chi connectivity index (χ1v) is 7.16. The molecule has 0 radical (unpaired) electrons. The standard InChI is InChI=1S/C18H23NO/c1-14-7-6-10-17(15(14)2)13-19-18(11-12-20)16-8-4-3-5-9-16/h3-10,18-20H,11-13H2,1-2H3/t18-/m1/s1. The second kappa shape index (κ2) is 7.22. The summed E-state index contributed by atoms with van der Waals surface area (Å²) in [6, 6.07) is 16.9. The van der Waals surface area contributed by atoms with Crippen LogP contribution in [0.2, 0.25) is 0 Å². The van der Waals surface area contributed by atoms with E-state index in [9.17, 15) is 5.11 Å². The molecule has 2 heteroatoms. The summed E-state index contributed by atoms with van der Waals surface area (Å²) in [6.45, 7) is 5.32. The lowest BCUT2D eigenvalue weighted by atomic mass is 10.0. The molecule has 0 bridgehead atoms. The lowest BCUT2D eigenvalue weighted by Gasteiger charge is -2.19. The molecule has 0 unspecified atom stereocenters. The highest BCUT2D eigenvalue weighted by molar-refractivity contribution is 5.33. The summed E-state index contributed by atoms with van der Waals surface area (Å²) >= 11 is 0. The predicted octanol–water partition coefficient (Wildman–Crippen LogP) is 3.52. The predicted molar refractivity (Wildman–Crippen MR) is 83.6 cm³/mol. The van der Waals surface area contributed by atoms with Crippen LogP contribution in [-0.4, -0.2) is 11.7 Å². The van der Waals surface area contributed by atoms with E-state index >= 15 is 0 Å². The third-order valence-electron chi connectivity index (χ3n) is 3.88. The average molecular weight is 269 g/mol. The van der Waals surface area contributed by atoms with Crippen LogP contribution in [0.3, 0.4) is 0 Å². The largest absolute Gasteiger partial charge is 0.396 e. The molecule has 2 N–H and O–H groups in total. The Labute approximate surface area is 121 Å². The van der Waals surface area contributed by atoms with Crippen molar-refractivity contribution in [3.8, 4) is 0 Å². The van der Waals surface area contributed by atoms with Crippen LogP contribution >= 0.6 is 0 Å². The Balaban J connectivity index is 2.08. The van der Waals surface area contributed by atoms with Crippen molar-refractivity contribution in [3.05, 3.63) is 70.8 Å². The lowest BCUT2D eigenvalue weighted by Crippen LogP contribution is -2.22. The van der Waals surface area contributed by atoms with Crippen molar-refractivity contribution in [3.63, 3.8) is 0 Å². The van der Waals surface area contributed by atoms with Gasteiger partial charge in [-0.1, -0.05) is 48.5 Å². The second-order valence-electron chi connectivity index (χ2n) is 5.22. The number of nitrogens with one attached hydrogen (secondary N) is 1. The first-order chi connectivity index (χ1) is 9.72. The van der Waals surface area contributed by atoms with Gasteiger partial charge in [-0.15, -0.1) is 0 Å². The fourth-order valence-corrected chi connectivity index (χ4v) is 2.44. The molecule has 2 aromatic carbocycles. The zero-order chi connectivity index (χ0) is 14.4. The molecule has 106 valence electrons. The SMILES string of the molecule is Cc1cccc(CN[C@H](CCO)c2ccccc2)c1C. The van der Waals surface area contributed by atoms with Crippen LogP contribution in [0.5, 0.6) is 0 Å². The molecular formula is C18H23NO. The van der Waals surface area contributed by atoms with Crippen LogP contribution in [-0.2, 0) is 6.54 Å². The highest BCUT2D eigenvalue weighted by Crippen LogP contribution is 2.18. The zero-order valence-electron chi connectivity index (χ0n) is 12.3. The van der Waals surface area contributed by atoms with E-state index in [1.54, 1.807) is 0 Å². The fraction of sp³-hybridized carbons (Fsp3) is 0.333. The molecule has 0 saturated carbocycles. The Morgan fingerprint density at radius 2 is 1.75 bits per heavy atom. The first kappa shape index (κ1) is 14.8. The van der Waals surface area contributed by atoms with Crippen LogP contribution in [0, 0.1) is 13.8 Å². The van der Waals surface area contributed by atoms with Crippen LogP contribution < -0.4 is 5.32 Å². The molecule has 0 aliphatic carbocycles. The second-order valence-corrected chi connectivity index (χ2v) is 5.22. The molecule has 0 fully saturated rings. The van der Waals surface area contributed by atoms with Gasteiger partial charge in [0.15, 0.2) is 0 Å². The van der Waals surface area contributed by atoms with E-state index in [0.717, 1.165) is 13.0 Å². The van der Waals surface area contributed by atoms with E-state index in [-0.39, 0.29) is 12.6 Å². The Kier molecular flexibility index (Phi) is 5.33. The van der Waals surface area contributed by atoms with Crippen LogP contribution in [0.4, 0.5) is 0 Å². The van der Waals surface area contributed by atoms with Crippen molar-refractivity contribution in [1.82, 2.24) is 5.32 Å². The van der Waals surface area contributed by atoms with Gasteiger partial charge in [-0.05, 0) is 42.5 Å². The Hall–Kier alpha value is -1.64. The molecule has 1 atom stereocenters. The van der Waals surface area contributed by atoms with Gasteiger partial charge in [-0.25, -0.2) is 0 Å². The minimum absolute atomic E-state index is 0.194. The van der Waals surface area contributed by atoms with Crippen LogP contribution in [0.1, 0.15) is 34.7 Å². The van der Waals surface area contributed by atoms with Gasteiger partial charge in [-0.2, -0.15) is 0 Å². The lowest BCUT2D eigenvalue weighted by molar-refractivity contribution is 0.265. The van der Waals surface area contributed by atoms with Gasteiger partial charge in [0.25, 0.3) is 0 Å². The van der Waals surface area contributed by atoms with Gasteiger partial charge < -0.3 is 10.4 Å². The normalized spacial score (nSPS) is 12.3. The number of hydrogen-bond donors (Lipinski definition) is 2. The van der Waals surface area contributed by atoms with Crippen molar-refractivity contribution in [2.45, 2.75) is 32.9 Å². The van der Waals surface area contributed by atoms with Crippen LogP contribution in [0.15, 0.2) is 48.5 Å². The molecule has 0 saturated heterocycles. The van der Waals surface area contributed by atoms with Gasteiger partial charge in [0.2, 0.25) is 0 Å². The van der Waals surface area contributed by atoms with Gasteiger partial charge in [0.1, 0.15) is 0 Å². The van der Waals surface area contributed by atoms with Crippen molar-refractivity contribution < 1.29 is 5.11 Å². The highest BCUT2D eigenvalue weighted by Gasteiger charge is 2.10. The number of rotatable bonds is 6. The summed E-state index contributed by atoms with van der Waals surface area (Å²) in [7, 11) is 0. The molecule has 0 aliphatic rings. The smallest absolute Gasteiger partial charge is 0.0449 e. The Morgan fingerprint density at radius 1 is 1.00 bits per heavy atom.